The third-order valence-corrected chi connectivity index (χ3v) is 6.42. The summed E-state index contributed by atoms with van der Waals surface area (Å²) in [5.74, 6) is 0.553. The Labute approximate surface area is 162 Å². The molecule has 0 radical (unpaired) electrons. The van der Waals surface area contributed by atoms with Gasteiger partial charge in [0.05, 0.1) is 6.61 Å². The second kappa shape index (κ2) is 9.52. The topological polar surface area (TPSA) is 9.23 Å². The van der Waals surface area contributed by atoms with Gasteiger partial charge in [-0.1, -0.05) is 25.5 Å². The SMILES string of the molecule is C=CC1CCC(C2CC=C(c3ccc(OCCCC)c(F)c3F)CC2)CC1. The van der Waals surface area contributed by atoms with E-state index >= 15 is 0 Å². The average molecular weight is 375 g/mol. The Bertz CT molecular complexity index is 671. The van der Waals surface area contributed by atoms with Crippen LogP contribution in [0.15, 0.2) is 30.9 Å². The van der Waals surface area contributed by atoms with Crippen LogP contribution in [0.25, 0.3) is 5.57 Å². The Morgan fingerprint density at radius 2 is 1.85 bits per heavy atom. The van der Waals surface area contributed by atoms with Crippen molar-refractivity contribution in [2.24, 2.45) is 17.8 Å². The number of rotatable bonds is 7. The van der Waals surface area contributed by atoms with Crippen molar-refractivity contribution in [1.29, 1.82) is 0 Å². The van der Waals surface area contributed by atoms with Gasteiger partial charge in [-0.2, -0.15) is 4.39 Å². The normalized spacial score (nSPS) is 25.7. The van der Waals surface area contributed by atoms with Gasteiger partial charge in [0.15, 0.2) is 11.6 Å². The highest BCUT2D eigenvalue weighted by Gasteiger charge is 2.28. The second-order valence-corrected chi connectivity index (χ2v) is 8.12. The van der Waals surface area contributed by atoms with Crippen LogP contribution in [-0.4, -0.2) is 6.61 Å². The fraction of sp³-hybridized carbons (Fsp3) is 0.583. The van der Waals surface area contributed by atoms with Gasteiger partial charge in [0.2, 0.25) is 5.82 Å². The van der Waals surface area contributed by atoms with Crippen LogP contribution >= 0.6 is 0 Å². The predicted octanol–water partition coefficient (Wildman–Crippen LogP) is 7.32. The highest BCUT2D eigenvalue weighted by molar-refractivity contribution is 5.67. The van der Waals surface area contributed by atoms with E-state index < -0.39 is 11.6 Å². The first-order chi connectivity index (χ1) is 13.1. The number of hydrogen-bond donors (Lipinski definition) is 0. The molecule has 2 aliphatic carbocycles. The molecule has 1 atom stereocenters. The van der Waals surface area contributed by atoms with Crippen LogP contribution in [-0.2, 0) is 0 Å². The highest BCUT2D eigenvalue weighted by Crippen LogP contribution is 2.42. The molecule has 0 bridgehead atoms. The molecule has 1 saturated carbocycles. The molecular weight excluding hydrogens is 342 g/mol. The molecule has 0 spiro atoms. The van der Waals surface area contributed by atoms with Crippen molar-refractivity contribution in [1.82, 2.24) is 0 Å². The molecule has 0 amide bonds. The van der Waals surface area contributed by atoms with Crippen molar-refractivity contribution in [2.75, 3.05) is 6.61 Å². The minimum atomic E-state index is -0.852. The quantitative estimate of drug-likeness (QED) is 0.359. The van der Waals surface area contributed by atoms with Crippen LogP contribution in [0.5, 0.6) is 5.75 Å². The van der Waals surface area contributed by atoms with E-state index in [0.29, 0.717) is 24.0 Å². The van der Waals surface area contributed by atoms with Gasteiger partial charge in [0.25, 0.3) is 0 Å². The van der Waals surface area contributed by atoms with Gasteiger partial charge in [-0.25, -0.2) is 4.39 Å². The summed E-state index contributed by atoms with van der Waals surface area (Å²) < 4.78 is 34.3. The number of halogens is 2. The Morgan fingerprint density at radius 3 is 2.48 bits per heavy atom. The molecule has 0 aromatic heterocycles. The average Bonchev–Trinajstić information content (AvgIpc) is 2.72. The largest absolute Gasteiger partial charge is 0.490 e. The van der Waals surface area contributed by atoms with Gasteiger partial charge in [0.1, 0.15) is 0 Å². The van der Waals surface area contributed by atoms with Crippen LogP contribution in [0, 0.1) is 29.4 Å². The van der Waals surface area contributed by atoms with Crippen molar-refractivity contribution in [2.45, 2.75) is 64.7 Å². The monoisotopic (exact) mass is 374 g/mol. The van der Waals surface area contributed by atoms with Crippen molar-refractivity contribution >= 4 is 5.57 Å². The molecular formula is C24H32F2O. The third kappa shape index (κ3) is 4.80. The molecule has 1 nitrogen and oxygen atoms in total. The number of benzene rings is 1. The molecule has 1 aromatic rings. The zero-order valence-corrected chi connectivity index (χ0v) is 16.5. The summed E-state index contributed by atoms with van der Waals surface area (Å²) in [4.78, 5) is 0. The van der Waals surface area contributed by atoms with Crippen molar-refractivity contribution < 1.29 is 13.5 Å². The Kier molecular flexibility index (Phi) is 7.09. The van der Waals surface area contributed by atoms with Crippen LogP contribution in [0.2, 0.25) is 0 Å². The van der Waals surface area contributed by atoms with Gasteiger partial charge in [-0.05, 0) is 86.8 Å². The molecule has 0 N–H and O–H groups in total. The number of hydrogen-bond acceptors (Lipinski definition) is 1. The smallest absolute Gasteiger partial charge is 0.201 e. The zero-order valence-electron chi connectivity index (χ0n) is 16.5. The minimum Gasteiger partial charge on any atom is -0.490 e. The van der Waals surface area contributed by atoms with E-state index in [2.05, 4.69) is 18.7 Å². The van der Waals surface area contributed by atoms with Crippen LogP contribution < -0.4 is 4.74 Å². The molecule has 2 aliphatic rings. The summed E-state index contributed by atoms with van der Waals surface area (Å²) >= 11 is 0. The minimum absolute atomic E-state index is 0.0259. The summed E-state index contributed by atoms with van der Waals surface area (Å²) in [7, 11) is 0. The predicted molar refractivity (Wildman–Crippen MR) is 108 cm³/mol. The first kappa shape index (κ1) is 20.1. The molecule has 1 fully saturated rings. The van der Waals surface area contributed by atoms with Gasteiger partial charge in [0, 0.05) is 5.56 Å². The van der Waals surface area contributed by atoms with Crippen molar-refractivity contribution in [3.8, 4) is 5.75 Å². The molecule has 3 heteroatoms. The maximum atomic E-state index is 14.6. The van der Waals surface area contributed by atoms with E-state index in [4.69, 9.17) is 4.74 Å². The van der Waals surface area contributed by atoms with Crippen LogP contribution in [0.1, 0.15) is 70.3 Å². The lowest BCUT2D eigenvalue weighted by Gasteiger charge is -2.34. The number of unbranched alkanes of at least 4 members (excludes halogenated alkanes) is 1. The van der Waals surface area contributed by atoms with Gasteiger partial charge in [-0.3, -0.25) is 0 Å². The van der Waals surface area contributed by atoms with Crippen molar-refractivity contribution in [3.63, 3.8) is 0 Å². The third-order valence-electron chi connectivity index (χ3n) is 6.42. The lowest BCUT2D eigenvalue weighted by molar-refractivity contribution is 0.212. The highest BCUT2D eigenvalue weighted by atomic mass is 19.2. The summed E-state index contributed by atoms with van der Waals surface area (Å²) in [5, 5.41) is 0. The van der Waals surface area contributed by atoms with E-state index in [1.807, 2.05) is 6.92 Å². The lowest BCUT2D eigenvalue weighted by atomic mass is 9.71. The van der Waals surface area contributed by atoms with E-state index in [1.54, 1.807) is 12.1 Å². The molecule has 3 rings (SSSR count). The van der Waals surface area contributed by atoms with Crippen LogP contribution in [0.4, 0.5) is 8.78 Å². The van der Waals surface area contributed by atoms with E-state index in [9.17, 15) is 8.78 Å². The lowest BCUT2D eigenvalue weighted by Crippen LogP contribution is -2.22. The number of ether oxygens (including phenoxy) is 1. The fourth-order valence-electron chi connectivity index (χ4n) is 4.60. The molecule has 27 heavy (non-hydrogen) atoms. The molecule has 148 valence electrons. The first-order valence-electron chi connectivity index (χ1n) is 10.6. The summed E-state index contributed by atoms with van der Waals surface area (Å²) in [6.07, 6.45) is 14.0. The molecule has 1 aromatic carbocycles. The van der Waals surface area contributed by atoms with E-state index in [0.717, 1.165) is 43.6 Å². The summed E-state index contributed by atoms with van der Waals surface area (Å²) in [6.45, 7) is 6.38. The molecule has 1 unspecified atom stereocenters. The Balaban J connectivity index is 1.63. The maximum absolute atomic E-state index is 14.6. The fourth-order valence-corrected chi connectivity index (χ4v) is 4.60. The molecule has 0 heterocycles. The maximum Gasteiger partial charge on any atom is 0.201 e. The van der Waals surface area contributed by atoms with Gasteiger partial charge < -0.3 is 4.74 Å². The van der Waals surface area contributed by atoms with E-state index in [1.165, 1.54) is 25.7 Å². The summed E-state index contributed by atoms with van der Waals surface area (Å²) in [5.41, 5.74) is 1.35. The van der Waals surface area contributed by atoms with Gasteiger partial charge in [-0.15, -0.1) is 6.58 Å². The Morgan fingerprint density at radius 1 is 1.07 bits per heavy atom. The van der Waals surface area contributed by atoms with Crippen molar-refractivity contribution in [3.05, 3.63) is 48.1 Å². The Hall–Kier alpha value is -1.64. The standard InChI is InChI=1S/C24H32F2O/c1-3-5-16-27-22-15-14-21(23(25)24(22)26)20-12-10-19(11-13-20)18-8-6-17(4-2)7-9-18/h4,12,14-15,17-19H,2-3,5-11,13,16H2,1H3. The number of allylic oxidation sites excluding steroid dienone is 3. The van der Waals surface area contributed by atoms with E-state index in [-0.39, 0.29) is 5.75 Å². The van der Waals surface area contributed by atoms with Gasteiger partial charge >= 0.3 is 0 Å². The zero-order chi connectivity index (χ0) is 19.2. The second-order valence-electron chi connectivity index (χ2n) is 8.12. The molecule has 0 saturated heterocycles. The summed E-state index contributed by atoms with van der Waals surface area (Å²) in [6, 6.07) is 3.26. The molecule has 0 aliphatic heterocycles. The first-order valence-corrected chi connectivity index (χ1v) is 10.6. The van der Waals surface area contributed by atoms with Crippen LogP contribution in [0.3, 0.4) is 0 Å².